The predicted molar refractivity (Wildman–Crippen MR) is 106 cm³/mol. The number of nitrogens with one attached hydrogen (secondary N) is 1. The number of carbonyl (C=O) groups is 2. The predicted octanol–water partition coefficient (Wildman–Crippen LogP) is 1.56. The van der Waals surface area contributed by atoms with E-state index in [1.807, 2.05) is 18.2 Å². The number of sulfonamides is 1. The molecule has 2 N–H and O–H groups in total. The van der Waals surface area contributed by atoms with Gasteiger partial charge in [-0.25, -0.2) is 13.2 Å². The summed E-state index contributed by atoms with van der Waals surface area (Å²) >= 11 is 0. The first-order chi connectivity index (χ1) is 13.9. The molecule has 8 heteroatoms. The number of fused-ring (bicyclic) bond motifs is 1. The molecule has 0 radical (unpaired) electrons. The van der Waals surface area contributed by atoms with Gasteiger partial charge in [0.25, 0.3) is 0 Å². The van der Waals surface area contributed by atoms with Crippen LogP contribution in [0.5, 0.6) is 0 Å². The Morgan fingerprint density at radius 3 is 2.62 bits per heavy atom. The maximum absolute atomic E-state index is 12.9. The molecule has 0 saturated carbocycles. The summed E-state index contributed by atoms with van der Waals surface area (Å²) in [5.74, 6) is -1.70. The Bertz CT molecular complexity index is 1050. The second kappa shape index (κ2) is 7.61. The molecule has 0 bridgehead atoms. The summed E-state index contributed by atoms with van der Waals surface area (Å²) in [5, 5.41) is 12.2. The molecule has 1 fully saturated rings. The van der Waals surface area contributed by atoms with Crippen molar-refractivity contribution < 1.29 is 23.1 Å². The molecular weight excluding hydrogens is 392 g/mol. The average Bonchev–Trinajstić information content (AvgIpc) is 3.33. The zero-order valence-electron chi connectivity index (χ0n) is 15.7. The van der Waals surface area contributed by atoms with E-state index in [-0.39, 0.29) is 17.9 Å². The number of benzene rings is 2. The maximum atomic E-state index is 12.9. The van der Waals surface area contributed by atoms with Gasteiger partial charge in [0.15, 0.2) is 0 Å². The number of aliphatic carboxylic acids is 1. The minimum absolute atomic E-state index is 0.127. The van der Waals surface area contributed by atoms with Gasteiger partial charge in [0, 0.05) is 13.0 Å². The van der Waals surface area contributed by atoms with Gasteiger partial charge >= 0.3 is 5.97 Å². The maximum Gasteiger partial charge on any atom is 0.326 e. The van der Waals surface area contributed by atoms with Crippen LogP contribution < -0.4 is 5.32 Å². The molecule has 4 rings (SSSR count). The molecule has 0 aromatic heterocycles. The van der Waals surface area contributed by atoms with Crippen LogP contribution >= 0.6 is 0 Å². The van der Waals surface area contributed by atoms with Crippen molar-refractivity contribution in [3.8, 4) is 0 Å². The quantitative estimate of drug-likeness (QED) is 0.611. The van der Waals surface area contributed by atoms with Gasteiger partial charge in [-0.1, -0.05) is 36.4 Å². The molecule has 2 atom stereocenters. The van der Waals surface area contributed by atoms with Gasteiger partial charge in [-0.2, -0.15) is 4.31 Å². The molecule has 2 aliphatic rings. The minimum Gasteiger partial charge on any atom is -0.480 e. The highest BCUT2D eigenvalue weighted by Gasteiger charge is 2.40. The zero-order chi connectivity index (χ0) is 20.6. The molecule has 1 aliphatic heterocycles. The first-order valence-corrected chi connectivity index (χ1v) is 11.0. The normalized spacial score (nSPS) is 19.4. The standard InChI is InChI=1S/C21H22N2O5S/c24-20(22-18(21(25)26)13-15-7-4-6-14-12-17(14)15)19-10-5-11-23(19)29(27,28)16-8-2-1-3-9-16/h1-4,6-9,18-19H,5,10-13H2,(H,22,24)(H,25,26)/t18-,19-/m0/s1. The van der Waals surface area contributed by atoms with Crippen LogP contribution in [-0.4, -0.2) is 48.3 Å². The van der Waals surface area contributed by atoms with Crippen LogP contribution in [0.1, 0.15) is 29.5 Å². The van der Waals surface area contributed by atoms with Crippen molar-refractivity contribution >= 4 is 21.9 Å². The van der Waals surface area contributed by atoms with E-state index in [0.717, 1.165) is 17.5 Å². The number of rotatable bonds is 7. The largest absolute Gasteiger partial charge is 0.480 e. The molecule has 1 amide bonds. The second-order valence-corrected chi connectivity index (χ2v) is 9.31. The Morgan fingerprint density at radius 2 is 1.90 bits per heavy atom. The first-order valence-electron chi connectivity index (χ1n) is 9.57. The molecule has 152 valence electrons. The summed E-state index contributed by atoms with van der Waals surface area (Å²) in [7, 11) is -3.82. The van der Waals surface area contributed by atoms with Crippen molar-refractivity contribution in [1.82, 2.24) is 9.62 Å². The minimum atomic E-state index is -3.82. The van der Waals surface area contributed by atoms with Crippen LogP contribution in [0.4, 0.5) is 0 Å². The summed E-state index contributed by atoms with van der Waals surface area (Å²) in [6.07, 6.45) is 1.95. The number of carboxylic acid groups (broad SMARTS) is 1. The van der Waals surface area contributed by atoms with Crippen molar-refractivity contribution in [3.05, 3.63) is 65.2 Å². The van der Waals surface area contributed by atoms with E-state index in [9.17, 15) is 23.1 Å². The Balaban J connectivity index is 1.50. The van der Waals surface area contributed by atoms with Crippen LogP contribution in [-0.2, 0) is 32.5 Å². The number of hydrogen-bond donors (Lipinski definition) is 2. The van der Waals surface area contributed by atoms with Gasteiger partial charge < -0.3 is 10.4 Å². The fourth-order valence-electron chi connectivity index (χ4n) is 3.90. The van der Waals surface area contributed by atoms with Crippen molar-refractivity contribution in [2.45, 2.75) is 42.7 Å². The van der Waals surface area contributed by atoms with E-state index >= 15 is 0 Å². The summed E-state index contributed by atoms with van der Waals surface area (Å²) < 4.78 is 27.1. The molecule has 0 spiro atoms. The Morgan fingerprint density at radius 1 is 1.14 bits per heavy atom. The molecule has 0 unspecified atom stereocenters. The molecule has 2 aromatic carbocycles. The van der Waals surface area contributed by atoms with Crippen molar-refractivity contribution in [1.29, 1.82) is 0 Å². The lowest BCUT2D eigenvalue weighted by Crippen LogP contribution is -2.51. The zero-order valence-corrected chi connectivity index (χ0v) is 16.6. The van der Waals surface area contributed by atoms with E-state index in [1.165, 1.54) is 22.0 Å². The van der Waals surface area contributed by atoms with E-state index < -0.39 is 34.0 Å². The Labute approximate surface area is 169 Å². The van der Waals surface area contributed by atoms with Crippen molar-refractivity contribution in [2.24, 2.45) is 0 Å². The van der Waals surface area contributed by atoms with Crippen molar-refractivity contribution in [3.63, 3.8) is 0 Å². The summed E-state index contributed by atoms with van der Waals surface area (Å²) in [6, 6.07) is 11.7. The number of nitrogens with zero attached hydrogens (tertiary/aromatic N) is 1. The second-order valence-electron chi connectivity index (χ2n) is 7.42. The molecular formula is C21H22N2O5S. The smallest absolute Gasteiger partial charge is 0.326 e. The van der Waals surface area contributed by atoms with Crippen LogP contribution in [0.25, 0.3) is 0 Å². The van der Waals surface area contributed by atoms with Gasteiger partial charge in [0.05, 0.1) is 4.90 Å². The van der Waals surface area contributed by atoms with Gasteiger partial charge in [0.1, 0.15) is 12.1 Å². The molecule has 7 nitrogen and oxygen atoms in total. The fraction of sp³-hybridized carbons (Fsp3) is 0.333. The van der Waals surface area contributed by atoms with E-state index in [1.54, 1.807) is 18.2 Å². The topological polar surface area (TPSA) is 104 Å². The lowest BCUT2D eigenvalue weighted by molar-refractivity contribution is -0.142. The number of carbonyl (C=O) groups excluding carboxylic acids is 1. The van der Waals surface area contributed by atoms with Crippen LogP contribution in [0.2, 0.25) is 0 Å². The Hall–Kier alpha value is -2.71. The summed E-state index contributed by atoms with van der Waals surface area (Å²) in [4.78, 5) is 24.7. The molecule has 1 saturated heterocycles. The lowest BCUT2D eigenvalue weighted by atomic mass is 10.0. The van der Waals surface area contributed by atoms with Crippen LogP contribution in [0.15, 0.2) is 53.4 Å². The number of amides is 1. The van der Waals surface area contributed by atoms with E-state index in [2.05, 4.69) is 5.32 Å². The average molecular weight is 414 g/mol. The highest BCUT2D eigenvalue weighted by molar-refractivity contribution is 7.89. The molecule has 1 heterocycles. The van der Waals surface area contributed by atoms with Gasteiger partial charge in [-0.05, 0) is 48.1 Å². The third-order valence-electron chi connectivity index (χ3n) is 5.51. The van der Waals surface area contributed by atoms with Crippen LogP contribution in [0.3, 0.4) is 0 Å². The Kier molecular flexibility index (Phi) is 5.14. The first kappa shape index (κ1) is 19.6. The molecule has 2 aromatic rings. The lowest BCUT2D eigenvalue weighted by Gasteiger charge is -2.25. The monoisotopic (exact) mass is 414 g/mol. The SMILES string of the molecule is O=C(O)[C@H](Cc1cccc2c1C2)NC(=O)[C@@H]1CCCN1S(=O)(=O)c1ccccc1. The molecule has 29 heavy (non-hydrogen) atoms. The third-order valence-corrected chi connectivity index (χ3v) is 7.43. The third kappa shape index (κ3) is 3.90. The highest BCUT2D eigenvalue weighted by Crippen LogP contribution is 2.32. The fourth-order valence-corrected chi connectivity index (χ4v) is 5.58. The van der Waals surface area contributed by atoms with E-state index in [4.69, 9.17) is 0 Å². The summed E-state index contributed by atoms with van der Waals surface area (Å²) in [6.45, 7) is 0.235. The summed E-state index contributed by atoms with van der Waals surface area (Å²) in [5.41, 5.74) is 3.26. The van der Waals surface area contributed by atoms with Gasteiger partial charge in [-0.15, -0.1) is 0 Å². The molecule has 1 aliphatic carbocycles. The highest BCUT2D eigenvalue weighted by atomic mass is 32.2. The van der Waals surface area contributed by atoms with Crippen LogP contribution in [0, 0.1) is 0 Å². The number of hydrogen-bond acceptors (Lipinski definition) is 4. The van der Waals surface area contributed by atoms with E-state index in [0.29, 0.717) is 12.8 Å². The number of carboxylic acids is 1. The van der Waals surface area contributed by atoms with Gasteiger partial charge in [0.2, 0.25) is 15.9 Å². The van der Waals surface area contributed by atoms with Gasteiger partial charge in [-0.3, -0.25) is 4.79 Å². The van der Waals surface area contributed by atoms with Crippen molar-refractivity contribution in [2.75, 3.05) is 6.54 Å².